The Kier molecular flexibility index (Phi) is 2.91. The van der Waals surface area contributed by atoms with Crippen LogP contribution >= 0.6 is 12.8 Å². The van der Waals surface area contributed by atoms with Gasteiger partial charge >= 0.3 is 0 Å². The highest BCUT2D eigenvalue weighted by molar-refractivity contribution is 7.77. The Bertz CT molecular complexity index is 392. The molecule has 0 saturated carbocycles. The number of rotatable bonds is 2. The Morgan fingerprint density at radius 2 is 1.88 bits per heavy atom. The van der Waals surface area contributed by atoms with Crippen LogP contribution in [0.25, 0.3) is 0 Å². The zero-order chi connectivity index (χ0) is 12.0. The number of hydrogen-bond acceptors (Lipinski definition) is 5. The highest BCUT2D eigenvalue weighted by Gasteiger charge is 2.41. The van der Waals surface area contributed by atoms with E-state index in [0.29, 0.717) is 23.9 Å². The molecule has 0 spiro atoms. The smallest absolute Gasteiger partial charge is 0.219 e. The molecule has 2 fully saturated rings. The summed E-state index contributed by atoms with van der Waals surface area (Å²) >= 11 is 4.57. The maximum Gasteiger partial charge on any atom is 0.219 e. The van der Waals surface area contributed by atoms with Gasteiger partial charge in [-0.2, -0.15) is 0 Å². The first-order valence-corrected chi connectivity index (χ1v) is 6.85. The summed E-state index contributed by atoms with van der Waals surface area (Å²) in [4.78, 5) is 0. The predicted octanol–water partition coefficient (Wildman–Crippen LogP) is 2.75. The predicted molar refractivity (Wildman–Crippen MR) is 68.0 cm³/mol. The quantitative estimate of drug-likeness (QED) is 0.823. The summed E-state index contributed by atoms with van der Waals surface area (Å²) in [6.45, 7) is 4.16. The van der Waals surface area contributed by atoms with Gasteiger partial charge in [0.1, 0.15) is 0 Å². The standard InChI is InChI=1S/C12H19N3OS/c1-7(2)11-13-14-12(16-11)8-5-9-3-4-10(6-8)15(9)17/h7-10,17H,3-6H2,1-2H3. The molecule has 2 unspecified atom stereocenters. The molecule has 0 aromatic carbocycles. The summed E-state index contributed by atoms with van der Waals surface area (Å²) in [6, 6.07) is 1.19. The third-order valence-electron chi connectivity index (χ3n) is 3.99. The highest BCUT2D eigenvalue weighted by Crippen LogP contribution is 2.43. The molecule has 4 nitrogen and oxygen atoms in total. The second-order valence-electron chi connectivity index (χ2n) is 5.57. The zero-order valence-corrected chi connectivity index (χ0v) is 11.2. The second kappa shape index (κ2) is 4.28. The summed E-state index contributed by atoms with van der Waals surface area (Å²) in [5.74, 6) is 2.36. The summed E-state index contributed by atoms with van der Waals surface area (Å²) in [5.41, 5.74) is 0. The Balaban J connectivity index is 1.77. The molecule has 94 valence electrons. The topological polar surface area (TPSA) is 42.2 Å². The molecular weight excluding hydrogens is 234 g/mol. The SMILES string of the molecule is CC(C)c1nnc(C2CC3CCC(C2)N3S)o1. The third-order valence-corrected chi connectivity index (χ3v) is 4.65. The first kappa shape index (κ1) is 11.5. The Morgan fingerprint density at radius 3 is 2.41 bits per heavy atom. The summed E-state index contributed by atoms with van der Waals surface area (Å²) in [6.07, 6.45) is 4.74. The van der Waals surface area contributed by atoms with Gasteiger partial charge in [-0.05, 0) is 25.7 Å². The van der Waals surface area contributed by atoms with Crippen LogP contribution in [-0.4, -0.2) is 26.6 Å². The van der Waals surface area contributed by atoms with Crippen molar-refractivity contribution < 1.29 is 4.42 Å². The van der Waals surface area contributed by atoms with E-state index < -0.39 is 0 Å². The zero-order valence-electron chi connectivity index (χ0n) is 10.3. The van der Waals surface area contributed by atoms with E-state index in [4.69, 9.17) is 4.42 Å². The first-order valence-electron chi connectivity index (χ1n) is 6.45. The van der Waals surface area contributed by atoms with Gasteiger partial charge in [-0.25, -0.2) is 4.31 Å². The maximum atomic E-state index is 5.78. The number of thiol groups is 1. The molecular formula is C12H19N3OS. The number of nitrogens with zero attached hydrogens (tertiary/aromatic N) is 3. The van der Waals surface area contributed by atoms with E-state index in [1.807, 2.05) is 0 Å². The third kappa shape index (κ3) is 1.99. The Labute approximate surface area is 107 Å². The average molecular weight is 253 g/mol. The van der Waals surface area contributed by atoms with E-state index in [0.717, 1.165) is 24.6 Å². The number of aromatic nitrogens is 2. The van der Waals surface area contributed by atoms with Crippen molar-refractivity contribution in [1.29, 1.82) is 0 Å². The minimum atomic E-state index is 0.318. The van der Waals surface area contributed by atoms with E-state index in [2.05, 4.69) is 41.2 Å². The van der Waals surface area contributed by atoms with Gasteiger partial charge in [0.05, 0.1) is 0 Å². The van der Waals surface area contributed by atoms with Gasteiger partial charge in [0.2, 0.25) is 11.8 Å². The molecule has 2 aliphatic heterocycles. The van der Waals surface area contributed by atoms with Gasteiger partial charge in [0.15, 0.2) is 0 Å². The highest BCUT2D eigenvalue weighted by atomic mass is 32.1. The van der Waals surface area contributed by atoms with Gasteiger partial charge in [-0.3, -0.25) is 0 Å². The van der Waals surface area contributed by atoms with Crippen molar-refractivity contribution in [2.24, 2.45) is 0 Å². The van der Waals surface area contributed by atoms with Crippen LogP contribution in [0, 0.1) is 0 Å². The van der Waals surface area contributed by atoms with Crippen molar-refractivity contribution in [2.75, 3.05) is 0 Å². The van der Waals surface area contributed by atoms with Crippen molar-refractivity contribution in [3.05, 3.63) is 11.8 Å². The van der Waals surface area contributed by atoms with Crippen LogP contribution in [0.4, 0.5) is 0 Å². The normalized spacial score (nSPS) is 33.5. The fourth-order valence-corrected chi connectivity index (χ4v) is 3.42. The lowest BCUT2D eigenvalue weighted by atomic mass is 9.92. The molecule has 2 saturated heterocycles. The van der Waals surface area contributed by atoms with Crippen LogP contribution in [0.5, 0.6) is 0 Å². The molecule has 1 aromatic rings. The minimum absolute atomic E-state index is 0.318. The van der Waals surface area contributed by atoms with Gasteiger partial charge in [-0.15, -0.1) is 10.2 Å². The van der Waals surface area contributed by atoms with Crippen LogP contribution < -0.4 is 0 Å². The van der Waals surface area contributed by atoms with E-state index in [9.17, 15) is 0 Å². The Morgan fingerprint density at radius 1 is 1.24 bits per heavy atom. The van der Waals surface area contributed by atoms with Crippen molar-refractivity contribution in [1.82, 2.24) is 14.5 Å². The van der Waals surface area contributed by atoms with Crippen molar-refractivity contribution in [3.63, 3.8) is 0 Å². The van der Waals surface area contributed by atoms with Crippen LogP contribution in [-0.2, 0) is 0 Å². The lowest BCUT2D eigenvalue weighted by Gasteiger charge is -2.33. The molecule has 0 amide bonds. The molecule has 2 aliphatic rings. The molecule has 0 N–H and O–H groups in total. The van der Waals surface area contributed by atoms with Crippen molar-refractivity contribution >= 4 is 12.8 Å². The summed E-state index contributed by atoms with van der Waals surface area (Å²) in [5, 5.41) is 8.35. The molecule has 3 rings (SSSR count). The first-order chi connectivity index (χ1) is 8.15. The molecule has 0 aliphatic carbocycles. The molecule has 5 heteroatoms. The van der Waals surface area contributed by atoms with Crippen molar-refractivity contribution in [3.8, 4) is 0 Å². The maximum absolute atomic E-state index is 5.78. The van der Waals surface area contributed by atoms with Crippen LogP contribution in [0.1, 0.15) is 63.1 Å². The molecule has 1 aromatic heterocycles. The second-order valence-corrected chi connectivity index (χ2v) is 6.03. The number of fused-ring (bicyclic) bond motifs is 2. The van der Waals surface area contributed by atoms with Gasteiger partial charge in [0.25, 0.3) is 0 Å². The molecule has 17 heavy (non-hydrogen) atoms. The van der Waals surface area contributed by atoms with Crippen LogP contribution in [0.15, 0.2) is 4.42 Å². The monoisotopic (exact) mass is 253 g/mol. The number of piperidine rings is 1. The van der Waals surface area contributed by atoms with Crippen molar-refractivity contribution in [2.45, 2.75) is 63.5 Å². The van der Waals surface area contributed by atoms with Crippen LogP contribution in [0.2, 0.25) is 0 Å². The molecule has 2 atom stereocenters. The van der Waals surface area contributed by atoms with Gasteiger partial charge in [0, 0.05) is 23.9 Å². The molecule has 0 radical (unpaired) electrons. The lowest BCUT2D eigenvalue weighted by molar-refractivity contribution is 0.225. The fraction of sp³-hybridized carbons (Fsp3) is 0.833. The molecule has 2 bridgehead atoms. The minimum Gasteiger partial charge on any atom is -0.425 e. The van der Waals surface area contributed by atoms with Gasteiger partial charge < -0.3 is 4.42 Å². The number of hydrogen-bond donors (Lipinski definition) is 1. The van der Waals surface area contributed by atoms with E-state index in [1.165, 1.54) is 12.8 Å². The van der Waals surface area contributed by atoms with E-state index >= 15 is 0 Å². The summed E-state index contributed by atoms with van der Waals surface area (Å²) in [7, 11) is 0. The fourth-order valence-electron chi connectivity index (χ4n) is 3.00. The average Bonchev–Trinajstić information content (AvgIpc) is 2.83. The van der Waals surface area contributed by atoms with E-state index in [1.54, 1.807) is 0 Å². The Hall–Kier alpha value is -0.550. The largest absolute Gasteiger partial charge is 0.425 e. The lowest BCUT2D eigenvalue weighted by Crippen LogP contribution is -2.35. The molecule has 3 heterocycles. The van der Waals surface area contributed by atoms with Crippen LogP contribution in [0.3, 0.4) is 0 Å². The van der Waals surface area contributed by atoms with E-state index in [-0.39, 0.29) is 0 Å². The summed E-state index contributed by atoms with van der Waals surface area (Å²) < 4.78 is 8.01. The van der Waals surface area contributed by atoms with Gasteiger partial charge in [-0.1, -0.05) is 26.7 Å².